The summed E-state index contributed by atoms with van der Waals surface area (Å²) in [5.74, 6) is 1.01. The summed E-state index contributed by atoms with van der Waals surface area (Å²) in [4.78, 5) is 0. The van der Waals surface area contributed by atoms with Gasteiger partial charge in [-0.1, -0.05) is 58.3 Å². The van der Waals surface area contributed by atoms with Crippen LogP contribution in [0.5, 0.6) is 0 Å². The van der Waals surface area contributed by atoms with Crippen molar-refractivity contribution in [2.75, 3.05) is 0 Å². The molecule has 0 radical (unpaired) electrons. The van der Waals surface area contributed by atoms with E-state index in [-0.39, 0.29) is 0 Å². The monoisotopic (exact) mass is 237 g/mol. The highest BCUT2D eigenvalue weighted by Crippen LogP contribution is 2.28. The third-order valence-electron chi connectivity index (χ3n) is 4.94. The van der Waals surface area contributed by atoms with Crippen molar-refractivity contribution in [3.05, 3.63) is 0 Å². The van der Waals surface area contributed by atoms with E-state index in [9.17, 15) is 0 Å². The predicted molar refractivity (Wildman–Crippen MR) is 75.3 cm³/mol. The van der Waals surface area contributed by atoms with Gasteiger partial charge in [-0.3, -0.25) is 0 Å². The van der Waals surface area contributed by atoms with Gasteiger partial charge in [0.25, 0.3) is 0 Å². The van der Waals surface area contributed by atoms with Gasteiger partial charge in [-0.05, 0) is 31.6 Å². The Morgan fingerprint density at radius 3 is 2.12 bits per heavy atom. The van der Waals surface area contributed by atoms with E-state index >= 15 is 0 Å². The Hall–Kier alpha value is -0.0400. The smallest absolute Gasteiger partial charge is 0.00722 e. The Morgan fingerprint density at radius 2 is 1.41 bits per heavy atom. The predicted octanol–water partition coefficient (Wildman–Crippen LogP) is 4.66. The molecule has 0 aromatic carbocycles. The van der Waals surface area contributed by atoms with Gasteiger partial charge in [0.1, 0.15) is 0 Å². The van der Waals surface area contributed by atoms with Crippen LogP contribution in [0.4, 0.5) is 0 Å². The fourth-order valence-corrected chi connectivity index (χ4v) is 3.77. The number of hydrogen-bond donors (Lipinski definition) is 1. The molecule has 100 valence electrons. The molecule has 0 aliphatic heterocycles. The lowest BCUT2D eigenvalue weighted by atomic mass is 9.83. The summed E-state index contributed by atoms with van der Waals surface area (Å²) in [7, 11) is 0. The van der Waals surface area contributed by atoms with Gasteiger partial charge in [-0.2, -0.15) is 0 Å². The lowest BCUT2D eigenvalue weighted by Crippen LogP contribution is -2.41. The first-order valence-electron chi connectivity index (χ1n) is 8.14. The summed E-state index contributed by atoms with van der Waals surface area (Å²) in [5, 5.41) is 3.99. The molecule has 2 rings (SSSR count). The van der Waals surface area contributed by atoms with Crippen LogP contribution in [0.3, 0.4) is 0 Å². The Bertz CT molecular complexity index is 194. The Labute approximate surface area is 108 Å². The van der Waals surface area contributed by atoms with Crippen LogP contribution in [0, 0.1) is 5.92 Å². The van der Waals surface area contributed by atoms with Crippen molar-refractivity contribution in [2.24, 2.45) is 5.92 Å². The standard InChI is InChI=1S/C16H31N/c1-2-14-9-8-12-16(13-14)17-15-10-6-4-3-5-7-11-15/h14-17H,2-13H2,1H3. The van der Waals surface area contributed by atoms with Gasteiger partial charge in [0, 0.05) is 12.1 Å². The molecule has 2 aliphatic rings. The maximum atomic E-state index is 3.99. The van der Waals surface area contributed by atoms with E-state index in [1.165, 1.54) is 77.0 Å². The van der Waals surface area contributed by atoms with Gasteiger partial charge in [0.2, 0.25) is 0 Å². The van der Waals surface area contributed by atoms with Crippen LogP contribution in [0.2, 0.25) is 0 Å². The minimum absolute atomic E-state index is 0.843. The normalized spacial score (nSPS) is 33.0. The summed E-state index contributed by atoms with van der Waals surface area (Å²) in [6, 6.07) is 1.69. The summed E-state index contributed by atoms with van der Waals surface area (Å²) in [6.07, 6.45) is 17.4. The highest BCUT2D eigenvalue weighted by molar-refractivity contribution is 4.81. The van der Waals surface area contributed by atoms with E-state index in [2.05, 4.69) is 12.2 Å². The number of hydrogen-bond acceptors (Lipinski definition) is 1. The van der Waals surface area contributed by atoms with Crippen molar-refractivity contribution in [3.8, 4) is 0 Å². The molecule has 0 bridgehead atoms. The van der Waals surface area contributed by atoms with Crippen LogP contribution in [0.15, 0.2) is 0 Å². The zero-order valence-electron chi connectivity index (χ0n) is 11.7. The van der Waals surface area contributed by atoms with Crippen molar-refractivity contribution >= 4 is 0 Å². The van der Waals surface area contributed by atoms with Crippen LogP contribution in [-0.2, 0) is 0 Å². The molecule has 0 aromatic rings. The minimum Gasteiger partial charge on any atom is -0.311 e. The second kappa shape index (κ2) is 7.41. The third kappa shape index (κ3) is 4.62. The lowest BCUT2D eigenvalue weighted by Gasteiger charge is -2.33. The molecule has 2 aliphatic carbocycles. The van der Waals surface area contributed by atoms with Crippen LogP contribution in [0.25, 0.3) is 0 Å². The average Bonchev–Trinajstić information content (AvgIpc) is 2.33. The van der Waals surface area contributed by atoms with Gasteiger partial charge in [-0.25, -0.2) is 0 Å². The number of rotatable bonds is 3. The van der Waals surface area contributed by atoms with E-state index in [4.69, 9.17) is 0 Å². The molecule has 2 unspecified atom stereocenters. The van der Waals surface area contributed by atoms with E-state index < -0.39 is 0 Å². The largest absolute Gasteiger partial charge is 0.311 e. The molecular weight excluding hydrogens is 206 g/mol. The third-order valence-corrected chi connectivity index (χ3v) is 4.94. The molecule has 2 atom stereocenters. The van der Waals surface area contributed by atoms with E-state index in [1.54, 1.807) is 0 Å². The number of nitrogens with one attached hydrogen (secondary N) is 1. The van der Waals surface area contributed by atoms with Crippen molar-refractivity contribution in [2.45, 2.75) is 96.1 Å². The van der Waals surface area contributed by atoms with E-state index in [0.717, 1.165) is 18.0 Å². The molecule has 1 nitrogen and oxygen atoms in total. The van der Waals surface area contributed by atoms with Crippen molar-refractivity contribution in [1.29, 1.82) is 0 Å². The first-order valence-corrected chi connectivity index (χ1v) is 8.14. The molecular formula is C16H31N. The molecule has 0 spiro atoms. The molecule has 1 N–H and O–H groups in total. The molecule has 2 fully saturated rings. The van der Waals surface area contributed by atoms with Gasteiger partial charge >= 0.3 is 0 Å². The van der Waals surface area contributed by atoms with E-state index in [1.807, 2.05) is 0 Å². The minimum atomic E-state index is 0.843. The van der Waals surface area contributed by atoms with Crippen LogP contribution < -0.4 is 5.32 Å². The second-order valence-electron chi connectivity index (χ2n) is 6.35. The van der Waals surface area contributed by atoms with E-state index in [0.29, 0.717) is 0 Å². The van der Waals surface area contributed by atoms with Gasteiger partial charge in [-0.15, -0.1) is 0 Å². The van der Waals surface area contributed by atoms with Crippen molar-refractivity contribution < 1.29 is 0 Å². The zero-order valence-corrected chi connectivity index (χ0v) is 11.7. The molecule has 17 heavy (non-hydrogen) atoms. The fraction of sp³-hybridized carbons (Fsp3) is 1.00. The van der Waals surface area contributed by atoms with Crippen LogP contribution in [0.1, 0.15) is 84.0 Å². The Kier molecular flexibility index (Phi) is 5.84. The first kappa shape index (κ1) is 13.4. The summed E-state index contributed by atoms with van der Waals surface area (Å²) < 4.78 is 0. The molecule has 1 heteroatoms. The maximum Gasteiger partial charge on any atom is 0.00722 e. The quantitative estimate of drug-likeness (QED) is 0.753. The summed E-state index contributed by atoms with van der Waals surface area (Å²) >= 11 is 0. The molecule has 0 heterocycles. The highest BCUT2D eigenvalue weighted by Gasteiger charge is 2.23. The van der Waals surface area contributed by atoms with Crippen LogP contribution in [-0.4, -0.2) is 12.1 Å². The molecule has 0 amide bonds. The highest BCUT2D eigenvalue weighted by atomic mass is 14.9. The van der Waals surface area contributed by atoms with Crippen molar-refractivity contribution in [3.63, 3.8) is 0 Å². The van der Waals surface area contributed by atoms with Gasteiger partial charge in [0.15, 0.2) is 0 Å². The maximum absolute atomic E-state index is 3.99. The summed E-state index contributed by atoms with van der Waals surface area (Å²) in [5.41, 5.74) is 0. The van der Waals surface area contributed by atoms with Gasteiger partial charge in [0.05, 0.1) is 0 Å². The Balaban J connectivity index is 1.74. The van der Waals surface area contributed by atoms with Crippen molar-refractivity contribution in [1.82, 2.24) is 5.32 Å². The molecule has 2 saturated carbocycles. The zero-order chi connectivity index (χ0) is 11.9. The topological polar surface area (TPSA) is 12.0 Å². The summed E-state index contributed by atoms with van der Waals surface area (Å²) in [6.45, 7) is 2.36. The SMILES string of the molecule is CCC1CCCC(NC2CCCCCCC2)C1. The molecule has 0 saturated heterocycles. The van der Waals surface area contributed by atoms with Gasteiger partial charge < -0.3 is 5.32 Å². The average molecular weight is 237 g/mol. The lowest BCUT2D eigenvalue weighted by molar-refractivity contribution is 0.247. The van der Waals surface area contributed by atoms with Crippen LogP contribution >= 0.6 is 0 Å². The fourth-order valence-electron chi connectivity index (χ4n) is 3.77. The first-order chi connectivity index (χ1) is 8.38. The molecule has 0 aromatic heterocycles. The second-order valence-corrected chi connectivity index (χ2v) is 6.35. The Morgan fingerprint density at radius 1 is 0.765 bits per heavy atom.